The van der Waals surface area contributed by atoms with Crippen LogP contribution in [0.5, 0.6) is 0 Å². The topological polar surface area (TPSA) is 78.9 Å². The summed E-state index contributed by atoms with van der Waals surface area (Å²) in [4.78, 5) is 38.3. The van der Waals surface area contributed by atoms with Crippen molar-refractivity contribution in [1.29, 1.82) is 0 Å². The predicted octanol–water partition coefficient (Wildman–Crippen LogP) is 21.1. The minimum absolute atomic E-state index is 0.0628. The largest absolute Gasteiger partial charge is 0.462 e. The van der Waals surface area contributed by atoms with Crippen molar-refractivity contribution >= 4 is 17.9 Å². The molecule has 0 rings (SSSR count). The van der Waals surface area contributed by atoms with Crippen molar-refractivity contribution in [2.45, 2.75) is 362 Å². The van der Waals surface area contributed by atoms with E-state index in [1.807, 2.05) is 0 Å². The molecule has 6 heteroatoms. The van der Waals surface area contributed by atoms with Gasteiger partial charge in [0.15, 0.2) is 6.10 Å². The summed E-state index contributed by atoms with van der Waals surface area (Å²) >= 11 is 0. The number of ether oxygens (including phenoxy) is 3. The number of hydrogen-bond acceptors (Lipinski definition) is 6. The molecule has 6 nitrogen and oxygen atoms in total. The van der Waals surface area contributed by atoms with Crippen molar-refractivity contribution in [3.63, 3.8) is 0 Å². The molecule has 0 amide bonds. The van der Waals surface area contributed by atoms with Gasteiger partial charge in [-0.1, -0.05) is 318 Å². The monoisotopic (exact) mass is 989 g/mol. The summed E-state index contributed by atoms with van der Waals surface area (Å²) in [5, 5.41) is 0. The van der Waals surface area contributed by atoms with Crippen LogP contribution in [0, 0.1) is 17.8 Å². The molecule has 0 saturated heterocycles. The van der Waals surface area contributed by atoms with Crippen LogP contribution in [0.15, 0.2) is 0 Å². The average Bonchev–Trinajstić information content (AvgIpc) is 3.32. The number of hydrogen-bond donors (Lipinski definition) is 0. The molecule has 0 aromatic carbocycles. The van der Waals surface area contributed by atoms with Crippen molar-refractivity contribution in [1.82, 2.24) is 0 Å². The van der Waals surface area contributed by atoms with Crippen molar-refractivity contribution in [3.8, 4) is 0 Å². The Morgan fingerprint density at radius 2 is 0.414 bits per heavy atom. The van der Waals surface area contributed by atoms with E-state index in [1.54, 1.807) is 0 Å². The van der Waals surface area contributed by atoms with E-state index in [9.17, 15) is 14.4 Å². The molecule has 0 unspecified atom stereocenters. The quantitative estimate of drug-likeness (QED) is 0.0343. The molecule has 0 bridgehead atoms. The number of esters is 3. The molecule has 0 N–H and O–H groups in total. The minimum Gasteiger partial charge on any atom is -0.462 e. The fraction of sp³-hybridized carbons (Fsp3) is 0.953. The number of unbranched alkanes of at least 4 members (excludes halogenated alkanes) is 40. The Hall–Kier alpha value is -1.59. The van der Waals surface area contributed by atoms with Gasteiger partial charge in [0.1, 0.15) is 13.2 Å². The maximum absolute atomic E-state index is 12.9. The van der Waals surface area contributed by atoms with Gasteiger partial charge >= 0.3 is 17.9 Å². The van der Waals surface area contributed by atoms with Crippen molar-refractivity contribution in [2.75, 3.05) is 13.2 Å². The first-order valence-corrected chi connectivity index (χ1v) is 31.6. The number of carbonyl (C=O) groups excluding carboxylic acids is 3. The summed E-state index contributed by atoms with van der Waals surface area (Å²) in [6.07, 6.45) is 59.6. The fourth-order valence-corrected chi connectivity index (χ4v) is 9.88. The lowest BCUT2D eigenvalue weighted by atomic mass is 10.0. The van der Waals surface area contributed by atoms with Crippen LogP contribution in [0.4, 0.5) is 0 Å². The highest BCUT2D eigenvalue weighted by molar-refractivity contribution is 5.71. The second kappa shape index (κ2) is 55.2. The molecule has 1 atom stereocenters. The standard InChI is InChI=1S/C64H124O6/c1-58(2)50-44-38-32-26-20-15-11-9-7-8-10-12-18-24-31-37-43-49-55-64(67)70-61(57-69-63(66)54-48-42-36-30-25-19-22-28-34-40-46-52-60(5)6)56-68-62(65)53-47-41-35-29-23-17-14-13-16-21-27-33-39-45-51-59(3)4/h58-61H,7-57H2,1-6H3/t61-/m0/s1. The highest BCUT2D eigenvalue weighted by Gasteiger charge is 2.19. The SMILES string of the molecule is CC(C)CCCCCCCCCCCCCCCCCCCCC(=O)O[C@@H](COC(=O)CCCCCCCCCCCCCCCCC(C)C)COC(=O)CCCCCCCCCCCCCC(C)C. The first kappa shape index (κ1) is 68.4. The summed E-state index contributed by atoms with van der Waals surface area (Å²) in [6.45, 7) is 13.8. The van der Waals surface area contributed by atoms with E-state index in [1.165, 1.54) is 238 Å². The van der Waals surface area contributed by atoms with Crippen molar-refractivity contribution in [2.24, 2.45) is 17.8 Å². The van der Waals surface area contributed by atoms with Gasteiger partial charge in [-0.25, -0.2) is 0 Å². The van der Waals surface area contributed by atoms with Crippen molar-refractivity contribution < 1.29 is 28.6 Å². The van der Waals surface area contributed by atoms with Gasteiger partial charge in [-0.15, -0.1) is 0 Å². The lowest BCUT2D eigenvalue weighted by Crippen LogP contribution is -2.30. The van der Waals surface area contributed by atoms with E-state index in [-0.39, 0.29) is 31.1 Å². The Bertz CT molecular complexity index is 1090. The third-order valence-electron chi connectivity index (χ3n) is 14.6. The van der Waals surface area contributed by atoms with Gasteiger partial charge in [0.25, 0.3) is 0 Å². The summed E-state index contributed by atoms with van der Waals surface area (Å²) in [5.74, 6) is 1.69. The second-order valence-electron chi connectivity index (χ2n) is 23.5. The summed E-state index contributed by atoms with van der Waals surface area (Å²) in [5.41, 5.74) is 0. The highest BCUT2D eigenvalue weighted by Crippen LogP contribution is 2.19. The molecule has 0 fully saturated rings. The maximum atomic E-state index is 12.9. The van der Waals surface area contributed by atoms with Gasteiger partial charge in [-0.05, 0) is 37.0 Å². The molecule has 0 heterocycles. The number of rotatable bonds is 57. The van der Waals surface area contributed by atoms with E-state index >= 15 is 0 Å². The molecule has 0 aliphatic heterocycles. The van der Waals surface area contributed by atoms with Gasteiger partial charge in [0.05, 0.1) is 0 Å². The first-order chi connectivity index (χ1) is 34.1. The maximum Gasteiger partial charge on any atom is 0.306 e. The van der Waals surface area contributed by atoms with Gasteiger partial charge < -0.3 is 14.2 Å². The molecular weight excluding hydrogens is 865 g/mol. The Labute approximate surface area is 438 Å². The molecule has 0 spiro atoms. The lowest BCUT2D eigenvalue weighted by molar-refractivity contribution is -0.167. The van der Waals surface area contributed by atoms with Crippen LogP contribution in [-0.2, 0) is 28.6 Å². The first-order valence-electron chi connectivity index (χ1n) is 31.6. The van der Waals surface area contributed by atoms with Crippen LogP contribution in [0.1, 0.15) is 356 Å². The Morgan fingerprint density at radius 3 is 0.614 bits per heavy atom. The van der Waals surface area contributed by atoms with E-state index < -0.39 is 6.10 Å². The summed E-state index contributed by atoms with van der Waals surface area (Å²) in [7, 11) is 0. The molecule has 0 aromatic rings. The van der Waals surface area contributed by atoms with E-state index in [4.69, 9.17) is 14.2 Å². The third-order valence-corrected chi connectivity index (χ3v) is 14.6. The molecule has 0 aliphatic carbocycles. The van der Waals surface area contributed by atoms with Crippen LogP contribution in [0.3, 0.4) is 0 Å². The van der Waals surface area contributed by atoms with Gasteiger partial charge in [0.2, 0.25) is 0 Å². The molecular formula is C64H124O6. The molecule has 0 aliphatic rings. The van der Waals surface area contributed by atoms with Gasteiger partial charge in [-0.3, -0.25) is 14.4 Å². The number of carbonyl (C=O) groups is 3. The fourth-order valence-electron chi connectivity index (χ4n) is 9.88. The van der Waals surface area contributed by atoms with Gasteiger partial charge in [0, 0.05) is 19.3 Å². The third kappa shape index (κ3) is 57.3. The zero-order valence-corrected chi connectivity index (χ0v) is 48.3. The Morgan fingerprint density at radius 1 is 0.243 bits per heavy atom. The molecule has 0 radical (unpaired) electrons. The smallest absolute Gasteiger partial charge is 0.306 e. The van der Waals surface area contributed by atoms with E-state index in [0.717, 1.165) is 75.5 Å². The summed E-state index contributed by atoms with van der Waals surface area (Å²) < 4.78 is 16.9. The van der Waals surface area contributed by atoms with Crippen LogP contribution in [-0.4, -0.2) is 37.2 Å². The molecule has 0 aromatic heterocycles. The van der Waals surface area contributed by atoms with Gasteiger partial charge in [-0.2, -0.15) is 0 Å². The van der Waals surface area contributed by atoms with E-state index in [2.05, 4.69) is 41.5 Å². The summed E-state index contributed by atoms with van der Waals surface area (Å²) in [6, 6.07) is 0. The zero-order valence-electron chi connectivity index (χ0n) is 48.3. The minimum atomic E-state index is -0.764. The average molecular weight is 990 g/mol. The van der Waals surface area contributed by atoms with Crippen LogP contribution < -0.4 is 0 Å². The molecule has 0 saturated carbocycles. The Balaban J connectivity index is 4.27. The lowest BCUT2D eigenvalue weighted by Gasteiger charge is -2.18. The second-order valence-corrected chi connectivity index (χ2v) is 23.5. The zero-order chi connectivity index (χ0) is 51.2. The normalized spacial score (nSPS) is 12.1. The molecule has 70 heavy (non-hydrogen) atoms. The van der Waals surface area contributed by atoms with E-state index in [0.29, 0.717) is 19.3 Å². The van der Waals surface area contributed by atoms with Crippen molar-refractivity contribution in [3.05, 3.63) is 0 Å². The molecule has 416 valence electrons. The van der Waals surface area contributed by atoms with Crippen LogP contribution >= 0.6 is 0 Å². The Kier molecular flexibility index (Phi) is 53.9. The predicted molar refractivity (Wildman–Crippen MR) is 303 cm³/mol. The van der Waals surface area contributed by atoms with Crippen LogP contribution in [0.25, 0.3) is 0 Å². The van der Waals surface area contributed by atoms with Crippen LogP contribution in [0.2, 0.25) is 0 Å². The highest BCUT2D eigenvalue weighted by atomic mass is 16.6.